The average Bonchev–Trinajstić information content (AvgIpc) is 3.31. The summed E-state index contributed by atoms with van der Waals surface area (Å²) in [5.74, 6) is 0.725. The second-order valence-electron chi connectivity index (χ2n) is 6.29. The van der Waals surface area contributed by atoms with Crippen LogP contribution in [0.25, 0.3) is 23.1 Å². The molecule has 1 atom stereocenters. The van der Waals surface area contributed by atoms with E-state index in [1.807, 2.05) is 29.9 Å². The third-order valence-electron chi connectivity index (χ3n) is 4.33. The number of hydrogen-bond acceptors (Lipinski definition) is 8. The van der Waals surface area contributed by atoms with E-state index in [9.17, 15) is 0 Å². The molecule has 1 aliphatic rings. The zero-order valence-electron chi connectivity index (χ0n) is 14.1. The maximum atomic E-state index is 5.29. The fourth-order valence-electron chi connectivity index (χ4n) is 2.91. The molecule has 0 aliphatic carbocycles. The number of piperidine rings is 1. The molecule has 4 heterocycles. The van der Waals surface area contributed by atoms with Crippen LogP contribution in [0.5, 0.6) is 0 Å². The van der Waals surface area contributed by atoms with E-state index >= 15 is 0 Å². The molecule has 3 aromatic heterocycles. The zero-order valence-corrected chi connectivity index (χ0v) is 14.1. The van der Waals surface area contributed by atoms with Crippen molar-refractivity contribution in [3.05, 3.63) is 24.0 Å². The fourth-order valence-corrected chi connectivity index (χ4v) is 2.91. The molecule has 0 bridgehead atoms. The first-order chi connectivity index (χ1) is 12.3. The molecule has 3 aromatic rings. The lowest BCUT2D eigenvalue weighted by Gasteiger charge is -2.23. The Bertz CT molecular complexity index is 819. The van der Waals surface area contributed by atoms with Crippen molar-refractivity contribution in [3.63, 3.8) is 0 Å². The van der Waals surface area contributed by atoms with Crippen molar-refractivity contribution in [2.75, 3.05) is 6.54 Å². The van der Waals surface area contributed by atoms with Gasteiger partial charge in [0.15, 0.2) is 5.69 Å². The number of rotatable bonds is 5. The van der Waals surface area contributed by atoms with E-state index in [0.29, 0.717) is 29.1 Å². The lowest BCUT2D eigenvalue weighted by Crippen LogP contribution is -2.34. The van der Waals surface area contributed by atoms with Gasteiger partial charge in [-0.2, -0.15) is 10.1 Å². The third-order valence-corrected chi connectivity index (χ3v) is 4.33. The molecule has 0 amide bonds. The maximum Gasteiger partial charge on any atom is 0.280 e. The monoisotopic (exact) mass is 340 g/mol. The summed E-state index contributed by atoms with van der Waals surface area (Å²) in [4.78, 5) is 4.34. The first kappa shape index (κ1) is 15.8. The van der Waals surface area contributed by atoms with E-state index < -0.39 is 0 Å². The predicted octanol–water partition coefficient (Wildman–Crippen LogP) is 1.63. The molecule has 1 aliphatic heterocycles. The maximum absolute atomic E-state index is 5.29. The summed E-state index contributed by atoms with van der Waals surface area (Å²) in [6, 6.07) is 4.23. The Morgan fingerprint density at radius 3 is 2.96 bits per heavy atom. The molecular weight excluding hydrogens is 320 g/mol. The smallest absolute Gasteiger partial charge is 0.280 e. The summed E-state index contributed by atoms with van der Waals surface area (Å²) in [7, 11) is 0. The lowest BCUT2D eigenvalue weighted by atomic mass is 10.0. The fraction of sp³-hybridized carbons (Fsp3) is 0.500. The first-order valence-corrected chi connectivity index (χ1v) is 8.56. The number of nitrogens with zero attached hydrogens (tertiary/aromatic N) is 7. The number of aromatic nitrogens is 7. The second-order valence-corrected chi connectivity index (χ2v) is 6.29. The van der Waals surface area contributed by atoms with Gasteiger partial charge in [0, 0.05) is 12.6 Å². The molecule has 1 saturated heterocycles. The van der Waals surface area contributed by atoms with E-state index in [2.05, 4.69) is 36.0 Å². The van der Waals surface area contributed by atoms with Crippen molar-refractivity contribution in [3.8, 4) is 23.1 Å². The minimum atomic E-state index is 0.333. The molecule has 25 heavy (non-hydrogen) atoms. The molecule has 9 nitrogen and oxygen atoms in total. The lowest BCUT2D eigenvalue weighted by molar-refractivity contribution is 0.359. The molecule has 9 heteroatoms. The Hall–Kier alpha value is -2.68. The highest BCUT2D eigenvalue weighted by molar-refractivity contribution is 5.52. The normalized spacial score (nSPS) is 17.7. The molecule has 1 fully saturated rings. The second kappa shape index (κ2) is 7.06. The summed E-state index contributed by atoms with van der Waals surface area (Å²) in [6.45, 7) is 3.80. The predicted molar refractivity (Wildman–Crippen MR) is 89.3 cm³/mol. The van der Waals surface area contributed by atoms with Crippen LogP contribution in [-0.4, -0.2) is 47.9 Å². The summed E-state index contributed by atoms with van der Waals surface area (Å²) in [5, 5.41) is 23.8. The number of nitrogens with one attached hydrogen (secondary N) is 1. The van der Waals surface area contributed by atoms with Crippen molar-refractivity contribution < 1.29 is 4.52 Å². The third kappa shape index (κ3) is 3.71. The van der Waals surface area contributed by atoms with Crippen LogP contribution in [0.3, 0.4) is 0 Å². The Balaban J connectivity index is 1.42. The molecule has 4 rings (SSSR count). The van der Waals surface area contributed by atoms with Crippen molar-refractivity contribution in [1.29, 1.82) is 0 Å². The summed E-state index contributed by atoms with van der Waals surface area (Å²) < 4.78 is 7.11. The molecule has 0 saturated carbocycles. The standard InChI is InChI=1S/C16H20N8O/c1-11-5-6-13(20-19-11)15-18-16(25-22-15)14-10-24(23-21-14)9-7-12-4-2-3-8-17-12/h5-6,10,12,17H,2-4,7-9H2,1H3/t12-/m1/s1. The van der Waals surface area contributed by atoms with Crippen LogP contribution < -0.4 is 5.32 Å². The zero-order chi connectivity index (χ0) is 17.1. The van der Waals surface area contributed by atoms with Gasteiger partial charge < -0.3 is 9.84 Å². The van der Waals surface area contributed by atoms with E-state index in [1.54, 1.807) is 0 Å². The topological polar surface area (TPSA) is 107 Å². The van der Waals surface area contributed by atoms with Crippen LogP contribution in [0.2, 0.25) is 0 Å². The Kier molecular flexibility index (Phi) is 4.47. The van der Waals surface area contributed by atoms with Crippen molar-refractivity contribution >= 4 is 0 Å². The van der Waals surface area contributed by atoms with E-state index in [1.165, 1.54) is 19.3 Å². The minimum absolute atomic E-state index is 0.333. The van der Waals surface area contributed by atoms with Gasteiger partial charge in [-0.1, -0.05) is 16.8 Å². The minimum Gasteiger partial charge on any atom is -0.332 e. The van der Waals surface area contributed by atoms with Crippen LogP contribution in [0, 0.1) is 6.92 Å². The van der Waals surface area contributed by atoms with Gasteiger partial charge in [-0.05, 0) is 44.9 Å². The molecule has 0 unspecified atom stereocenters. The highest BCUT2D eigenvalue weighted by atomic mass is 16.5. The first-order valence-electron chi connectivity index (χ1n) is 8.56. The molecular formula is C16H20N8O. The summed E-state index contributed by atoms with van der Waals surface area (Å²) >= 11 is 0. The summed E-state index contributed by atoms with van der Waals surface area (Å²) in [5.41, 5.74) is 1.97. The van der Waals surface area contributed by atoms with Gasteiger partial charge in [0.2, 0.25) is 5.82 Å². The van der Waals surface area contributed by atoms with Crippen LogP contribution in [0.4, 0.5) is 0 Å². The number of hydrogen-bond donors (Lipinski definition) is 1. The van der Waals surface area contributed by atoms with Gasteiger partial charge in [-0.15, -0.1) is 10.2 Å². The van der Waals surface area contributed by atoms with Gasteiger partial charge in [-0.25, -0.2) is 0 Å². The van der Waals surface area contributed by atoms with E-state index in [-0.39, 0.29) is 0 Å². The van der Waals surface area contributed by atoms with E-state index in [0.717, 1.165) is 25.2 Å². The molecule has 0 radical (unpaired) electrons. The summed E-state index contributed by atoms with van der Waals surface area (Å²) in [6.07, 6.45) is 6.67. The molecule has 1 N–H and O–H groups in total. The molecule has 130 valence electrons. The van der Waals surface area contributed by atoms with Crippen LogP contribution in [0.1, 0.15) is 31.4 Å². The van der Waals surface area contributed by atoms with Crippen molar-refractivity contribution in [2.45, 2.75) is 45.2 Å². The van der Waals surface area contributed by atoms with Crippen LogP contribution >= 0.6 is 0 Å². The van der Waals surface area contributed by atoms with Crippen molar-refractivity contribution in [1.82, 2.24) is 40.6 Å². The van der Waals surface area contributed by atoms with Gasteiger partial charge in [0.25, 0.3) is 5.89 Å². The molecule has 0 aromatic carbocycles. The Labute approximate surface area is 144 Å². The molecule has 0 spiro atoms. The van der Waals surface area contributed by atoms with E-state index in [4.69, 9.17) is 4.52 Å². The van der Waals surface area contributed by atoms with Gasteiger partial charge in [-0.3, -0.25) is 4.68 Å². The largest absolute Gasteiger partial charge is 0.332 e. The Morgan fingerprint density at radius 2 is 2.16 bits per heavy atom. The average molecular weight is 340 g/mol. The van der Waals surface area contributed by atoms with Crippen molar-refractivity contribution in [2.24, 2.45) is 0 Å². The van der Waals surface area contributed by atoms with Gasteiger partial charge in [0.05, 0.1) is 11.9 Å². The quantitative estimate of drug-likeness (QED) is 0.746. The van der Waals surface area contributed by atoms with Gasteiger partial charge in [0.1, 0.15) is 5.69 Å². The van der Waals surface area contributed by atoms with Crippen LogP contribution in [0.15, 0.2) is 22.9 Å². The Morgan fingerprint density at radius 1 is 1.20 bits per heavy atom. The highest BCUT2D eigenvalue weighted by Crippen LogP contribution is 2.19. The SMILES string of the molecule is Cc1ccc(-c2noc(-c3cn(CC[C@H]4CCCCN4)nn3)n2)nn1. The van der Waals surface area contributed by atoms with Gasteiger partial charge >= 0.3 is 0 Å². The number of aryl methyl sites for hydroxylation is 2. The highest BCUT2D eigenvalue weighted by Gasteiger charge is 2.16. The van der Waals surface area contributed by atoms with Crippen LogP contribution in [-0.2, 0) is 6.54 Å².